The maximum Gasteiger partial charge on any atom is 0.410 e. The van der Waals surface area contributed by atoms with Gasteiger partial charge in [0.2, 0.25) is 0 Å². The van der Waals surface area contributed by atoms with E-state index in [4.69, 9.17) is 14.5 Å². The summed E-state index contributed by atoms with van der Waals surface area (Å²) in [7, 11) is 0. The normalized spacial score (nSPS) is 18.9. The summed E-state index contributed by atoms with van der Waals surface area (Å²) >= 11 is 1.69. The van der Waals surface area contributed by atoms with Gasteiger partial charge in [0, 0.05) is 36.0 Å². The number of ether oxygens (including phenoxy) is 2. The highest BCUT2D eigenvalue weighted by molar-refractivity contribution is 7.13. The fraction of sp³-hybridized carbons (Fsp3) is 0.607. The largest absolute Gasteiger partial charge is 0.444 e. The number of thiazole rings is 1. The molecule has 1 aromatic heterocycles. The van der Waals surface area contributed by atoms with Gasteiger partial charge in [-0.05, 0) is 90.8 Å². The fourth-order valence-corrected chi connectivity index (χ4v) is 5.67. The van der Waals surface area contributed by atoms with Gasteiger partial charge in [-0.15, -0.1) is 11.3 Å². The van der Waals surface area contributed by atoms with E-state index in [-0.39, 0.29) is 18.2 Å². The minimum Gasteiger partial charge on any atom is -0.444 e. The molecule has 2 aromatic rings. The fourth-order valence-electron chi connectivity index (χ4n) is 4.78. The van der Waals surface area contributed by atoms with Gasteiger partial charge in [0.1, 0.15) is 16.2 Å². The highest BCUT2D eigenvalue weighted by Crippen LogP contribution is 2.34. The van der Waals surface area contributed by atoms with Crippen LogP contribution in [0.2, 0.25) is 0 Å². The molecule has 0 radical (unpaired) electrons. The van der Waals surface area contributed by atoms with E-state index in [9.17, 15) is 9.59 Å². The lowest BCUT2D eigenvalue weighted by Gasteiger charge is -2.32. The van der Waals surface area contributed by atoms with Crippen LogP contribution in [0, 0.1) is 0 Å². The van der Waals surface area contributed by atoms with Crippen molar-refractivity contribution in [3.8, 4) is 10.6 Å². The van der Waals surface area contributed by atoms with Gasteiger partial charge in [0.25, 0.3) is 0 Å². The zero-order valence-corrected chi connectivity index (χ0v) is 23.2. The number of carbonyl (C=O) groups is 2. The van der Waals surface area contributed by atoms with E-state index in [0.717, 1.165) is 48.4 Å². The number of amides is 2. The van der Waals surface area contributed by atoms with Crippen LogP contribution in [0.4, 0.5) is 9.59 Å². The number of hydrogen-bond acceptors (Lipinski definition) is 6. The molecule has 2 aliphatic rings. The number of alkyl carbamates (subject to hydrolysis) is 1. The number of carbonyl (C=O) groups excluding carboxylic acids is 2. The number of benzene rings is 1. The Morgan fingerprint density at radius 1 is 1.00 bits per heavy atom. The Morgan fingerprint density at radius 2 is 1.69 bits per heavy atom. The van der Waals surface area contributed by atoms with Crippen molar-refractivity contribution >= 4 is 23.5 Å². The molecule has 1 atom stereocenters. The molecule has 7 nitrogen and oxygen atoms in total. The first-order valence-corrected chi connectivity index (χ1v) is 13.8. The Kier molecular flexibility index (Phi) is 7.64. The summed E-state index contributed by atoms with van der Waals surface area (Å²) in [6, 6.07) is 6.67. The third-order valence-corrected chi connectivity index (χ3v) is 7.40. The maximum atomic E-state index is 12.4. The van der Waals surface area contributed by atoms with E-state index in [2.05, 4.69) is 28.9 Å². The van der Waals surface area contributed by atoms with Gasteiger partial charge in [-0.1, -0.05) is 12.1 Å². The van der Waals surface area contributed by atoms with Crippen LogP contribution in [-0.2, 0) is 22.3 Å². The summed E-state index contributed by atoms with van der Waals surface area (Å²) in [4.78, 5) is 31.3. The average Bonchev–Trinajstić information content (AvgIpc) is 3.27. The molecule has 36 heavy (non-hydrogen) atoms. The Morgan fingerprint density at radius 3 is 2.36 bits per heavy atom. The Hall–Kier alpha value is -2.61. The topological polar surface area (TPSA) is 80.8 Å². The molecule has 0 spiro atoms. The summed E-state index contributed by atoms with van der Waals surface area (Å²) in [5.41, 5.74) is 3.91. The highest BCUT2D eigenvalue weighted by atomic mass is 32.1. The van der Waals surface area contributed by atoms with Crippen molar-refractivity contribution in [1.82, 2.24) is 15.2 Å². The van der Waals surface area contributed by atoms with E-state index < -0.39 is 11.2 Å². The monoisotopic (exact) mass is 513 g/mol. The zero-order valence-electron chi connectivity index (χ0n) is 22.3. The number of fused-ring (bicyclic) bond motifs is 1. The molecule has 1 aliphatic heterocycles. The van der Waals surface area contributed by atoms with E-state index in [1.165, 1.54) is 11.1 Å². The molecule has 0 saturated carbocycles. The van der Waals surface area contributed by atoms with Crippen molar-refractivity contribution in [2.75, 3.05) is 13.1 Å². The van der Waals surface area contributed by atoms with Gasteiger partial charge in [0.05, 0.1) is 5.69 Å². The van der Waals surface area contributed by atoms with Crippen LogP contribution >= 0.6 is 11.3 Å². The lowest BCUT2D eigenvalue weighted by atomic mass is 9.87. The van der Waals surface area contributed by atoms with Crippen molar-refractivity contribution < 1.29 is 19.1 Å². The third kappa shape index (κ3) is 6.99. The lowest BCUT2D eigenvalue weighted by Crippen LogP contribution is -2.41. The smallest absolute Gasteiger partial charge is 0.410 e. The molecule has 4 rings (SSSR count). The summed E-state index contributed by atoms with van der Waals surface area (Å²) in [5.74, 6) is 0.367. The lowest BCUT2D eigenvalue weighted by molar-refractivity contribution is 0.0203. The SMILES string of the molecule is CC(C)(C)OC(=O)NC1CCc2cc(-c3nc(C4CCN(C(=O)OC(C)(C)C)CC4)cs3)ccc2C1. The van der Waals surface area contributed by atoms with Crippen molar-refractivity contribution in [1.29, 1.82) is 0 Å². The predicted molar refractivity (Wildman–Crippen MR) is 143 cm³/mol. The molecular formula is C28H39N3O4S. The molecule has 0 bridgehead atoms. The summed E-state index contributed by atoms with van der Waals surface area (Å²) in [6.07, 6.45) is 3.86. The number of nitrogens with zero attached hydrogens (tertiary/aromatic N) is 2. The molecule has 1 aromatic carbocycles. The van der Waals surface area contributed by atoms with E-state index in [1.54, 1.807) is 11.3 Å². The molecule has 196 valence electrons. The zero-order chi connectivity index (χ0) is 26.1. The van der Waals surface area contributed by atoms with Crippen molar-refractivity contribution in [3.05, 3.63) is 40.4 Å². The van der Waals surface area contributed by atoms with Crippen molar-refractivity contribution in [3.63, 3.8) is 0 Å². The number of aromatic nitrogens is 1. The van der Waals surface area contributed by atoms with Crippen LogP contribution in [0.25, 0.3) is 10.6 Å². The van der Waals surface area contributed by atoms with Crippen molar-refractivity contribution in [2.45, 2.75) is 96.8 Å². The first-order chi connectivity index (χ1) is 16.9. The van der Waals surface area contributed by atoms with Gasteiger partial charge in [-0.2, -0.15) is 0 Å². The molecule has 8 heteroatoms. The molecule has 2 amide bonds. The van der Waals surface area contributed by atoms with Crippen LogP contribution in [0.5, 0.6) is 0 Å². The second-order valence-electron chi connectivity index (χ2n) is 11.9. The minimum absolute atomic E-state index is 0.0937. The first-order valence-electron chi connectivity index (χ1n) is 12.9. The average molecular weight is 514 g/mol. The van der Waals surface area contributed by atoms with E-state index in [1.807, 2.05) is 46.4 Å². The maximum absolute atomic E-state index is 12.4. The quantitative estimate of drug-likeness (QED) is 0.520. The van der Waals surface area contributed by atoms with Crippen molar-refractivity contribution in [2.24, 2.45) is 0 Å². The number of aryl methyl sites for hydroxylation is 1. The van der Waals surface area contributed by atoms with Gasteiger partial charge in [0.15, 0.2) is 0 Å². The number of rotatable bonds is 3. The van der Waals surface area contributed by atoms with E-state index in [0.29, 0.717) is 19.0 Å². The van der Waals surface area contributed by atoms with Crippen LogP contribution in [0.1, 0.15) is 83.5 Å². The highest BCUT2D eigenvalue weighted by Gasteiger charge is 2.29. The standard InChI is InChI=1S/C28H39N3O4S/c1-27(2,3)34-25(32)29-22-10-9-19-15-21(8-7-20(19)16-22)24-30-23(17-36-24)18-11-13-31(14-12-18)26(33)35-28(4,5)6/h7-8,15,17-18,22H,9-14,16H2,1-6H3,(H,29,32). The molecule has 1 saturated heterocycles. The van der Waals surface area contributed by atoms with Gasteiger partial charge in [-0.25, -0.2) is 14.6 Å². The Labute approximate surface area is 218 Å². The van der Waals surface area contributed by atoms with Gasteiger partial charge >= 0.3 is 12.2 Å². The molecule has 1 fully saturated rings. The van der Waals surface area contributed by atoms with Gasteiger partial charge < -0.3 is 19.7 Å². The van der Waals surface area contributed by atoms with Crippen LogP contribution in [-0.4, -0.2) is 52.4 Å². The number of piperidine rings is 1. The third-order valence-electron chi connectivity index (χ3n) is 6.49. The van der Waals surface area contributed by atoms with Gasteiger partial charge in [-0.3, -0.25) is 0 Å². The second-order valence-corrected chi connectivity index (χ2v) is 12.7. The minimum atomic E-state index is -0.493. The van der Waals surface area contributed by atoms with Crippen LogP contribution < -0.4 is 5.32 Å². The molecule has 2 heterocycles. The van der Waals surface area contributed by atoms with E-state index >= 15 is 0 Å². The Bertz CT molecular complexity index is 1090. The summed E-state index contributed by atoms with van der Waals surface area (Å²) in [5, 5.41) is 6.23. The predicted octanol–water partition coefficient (Wildman–Crippen LogP) is 6.31. The number of hydrogen-bond donors (Lipinski definition) is 1. The molecule has 1 aliphatic carbocycles. The first kappa shape index (κ1) is 26.5. The number of likely N-dealkylation sites (tertiary alicyclic amines) is 1. The number of nitrogens with one attached hydrogen (secondary N) is 1. The molecule has 1 unspecified atom stereocenters. The summed E-state index contributed by atoms with van der Waals surface area (Å²) < 4.78 is 10.9. The van der Waals surface area contributed by atoms with Crippen LogP contribution in [0.3, 0.4) is 0 Å². The summed E-state index contributed by atoms with van der Waals surface area (Å²) in [6.45, 7) is 12.7. The second kappa shape index (κ2) is 10.4. The molecular weight excluding hydrogens is 474 g/mol. The molecule has 1 N–H and O–H groups in total. The Balaban J connectivity index is 1.34. The van der Waals surface area contributed by atoms with Crippen LogP contribution in [0.15, 0.2) is 23.6 Å².